The molecular weight excluding hydrogens is 224 g/mol. The summed E-state index contributed by atoms with van der Waals surface area (Å²) in [6.07, 6.45) is 8.44. The Hall–Kier alpha value is -0.120. The molecule has 0 radical (unpaired) electrons. The Morgan fingerprint density at radius 1 is 1.17 bits per heavy atom. The highest BCUT2D eigenvalue weighted by molar-refractivity contribution is 4.90. The van der Waals surface area contributed by atoms with Crippen molar-refractivity contribution in [3.63, 3.8) is 0 Å². The van der Waals surface area contributed by atoms with Crippen LogP contribution in [0.1, 0.15) is 58.8 Å². The molecule has 2 aliphatic rings. The second-order valence-corrected chi connectivity index (χ2v) is 6.53. The molecule has 1 aliphatic carbocycles. The van der Waals surface area contributed by atoms with Crippen LogP contribution in [0.25, 0.3) is 0 Å². The molecule has 2 atom stereocenters. The third-order valence-electron chi connectivity index (χ3n) is 5.21. The number of nitrogens with two attached hydrogens (primary N) is 1. The number of ether oxygens (including phenoxy) is 1. The Balaban J connectivity index is 1.90. The van der Waals surface area contributed by atoms with Crippen molar-refractivity contribution in [2.24, 2.45) is 5.73 Å². The summed E-state index contributed by atoms with van der Waals surface area (Å²) in [4.78, 5) is 2.63. The number of hydrogen-bond donors (Lipinski definition) is 1. The van der Waals surface area contributed by atoms with Crippen molar-refractivity contribution in [2.45, 2.75) is 82.5 Å². The van der Waals surface area contributed by atoms with Gasteiger partial charge in [0.25, 0.3) is 0 Å². The van der Waals surface area contributed by atoms with E-state index in [0.717, 1.165) is 19.1 Å². The average molecular weight is 254 g/mol. The van der Waals surface area contributed by atoms with Gasteiger partial charge in [-0.15, -0.1) is 0 Å². The van der Waals surface area contributed by atoms with Gasteiger partial charge in [-0.05, 0) is 58.9 Å². The molecular formula is C15H30N2O. The van der Waals surface area contributed by atoms with Crippen molar-refractivity contribution in [2.75, 3.05) is 13.7 Å². The highest BCUT2D eigenvalue weighted by Gasteiger charge is 2.35. The maximum Gasteiger partial charge on any atom is 0.0666 e. The molecule has 0 bridgehead atoms. The van der Waals surface area contributed by atoms with Gasteiger partial charge < -0.3 is 15.4 Å². The molecule has 1 saturated heterocycles. The molecule has 2 rings (SSSR count). The van der Waals surface area contributed by atoms with Crippen molar-refractivity contribution in [1.29, 1.82) is 0 Å². The Morgan fingerprint density at radius 3 is 2.44 bits per heavy atom. The summed E-state index contributed by atoms with van der Waals surface area (Å²) in [6, 6.07) is 1.89. The Morgan fingerprint density at radius 2 is 1.83 bits per heavy atom. The van der Waals surface area contributed by atoms with Crippen LogP contribution < -0.4 is 5.73 Å². The molecule has 3 nitrogen and oxygen atoms in total. The SMILES string of the molecule is CCC1(C)CC(N(C)C2CCC(N)CC2)CCO1. The van der Waals surface area contributed by atoms with Crippen LogP contribution in [0.2, 0.25) is 0 Å². The molecule has 3 heteroatoms. The first-order valence-electron chi connectivity index (χ1n) is 7.65. The largest absolute Gasteiger partial charge is 0.375 e. The molecule has 1 saturated carbocycles. The fourth-order valence-electron chi connectivity index (χ4n) is 3.50. The van der Waals surface area contributed by atoms with Crippen LogP contribution in [0.3, 0.4) is 0 Å². The lowest BCUT2D eigenvalue weighted by atomic mass is 9.86. The molecule has 106 valence electrons. The Kier molecular flexibility index (Phi) is 4.68. The Bertz CT molecular complexity index is 263. The predicted octanol–water partition coefficient (Wildman–Crippen LogP) is 2.54. The summed E-state index contributed by atoms with van der Waals surface area (Å²) in [5, 5.41) is 0. The van der Waals surface area contributed by atoms with Gasteiger partial charge in [-0.25, -0.2) is 0 Å². The van der Waals surface area contributed by atoms with E-state index in [9.17, 15) is 0 Å². The zero-order valence-electron chi connectivity index (χ0n) is 12.3. The minimum atomic E-state index is 0.0995. The van der Waals surface area contributed by atoms with E-state index in [2.05, 4.69) is 25.8 Å². The summed E-state index contributed by atoms with van der Waals surface area (Å²) in [6.45, 7) is 5.43. The summed E-state index contributed by atoms with van der Waals surface area (Å²) in [5.41, 5.74) is 6.10. The third-order valence-corrected chi connectivity index (χ3v) is 5.21. The topological polar surface area (TPSA) is 38.5 Å². The zero-order chi connectivity index (χ0) is 13.2. The summed E-state index contributed by atoms with van der Waals surface area (Å²) >= 11 is 0. The molecule has 2 unspecified atom stereocenters. The van der Waals surface area contributed by atoms with Crippen LogP contribution in [0, 0.1) is 0 Å². The summed E-state index contributed by atoms with van der Waals surface area (Å²) in [5.74, 6) is 0. The van der Waals surface area contributed by atoms with E-state index in [1.807, 2.05) is 0 Å². The van der Waals surface area contributed by atoms with Crippen LogP contribution in [-0.4, -0.2) is 42.3 Å². The maximum absolute atomic E-state index is 6.00. The van der Waals surface area contributed by atoms with E-state index in [4.69, 9.17) is 10.5 Å². The molecule has 0 aromatic heterocycles. The first kappa shape index (κ1) is 14.3. The van der Waals surface area contributed by atoms with Gasteiger partial charge in [0.05, 0.1) is 5.60 Å². The molecule has 0 spiro atoms. The summed E-state index contributed by atoms with van der Waals surface area (Å²) in [7, 11) is 2.31. The van der Waals surface area contributed by atoms with E-state index in [0.29, 0.717) is 12.1 Å². The fraction of sp³-hybridized carbons (Fsp3) is 1.00. The highest BCUT2D eigenvalue weighted by atomic mass is 16.5. The maximum atomic E-state index is 6.00. The smallest absolute Gasteiger partial charge is 0.0666 e. The predicted molar refractivity (Wildman–Crippen MR) is 75.7 cm³/mol. The van der Waals surface area contributed by atoms with Gasteiger partial charge in [-0.3, -0.25) is 0 Å². The van der Waals surface area contributed by atoms with E-state index >= 15 is 0 Å². The lowest BCUT2D eigenvalue weighted by molar-refractivity contribution is -0.0996. The molecule has 0 amide bonds. The van der Waals surface area contributed by atoms with Gasteiger partial charge in [-0.2, -0.15) is 0 Å². The normalized spacial score (nSPS) is 42.2. The second-order valence-electron chi connectivity index (χ2n) is 6.53. The average Bonchev–Trinajstić information content (AvgIpc) is 2.39. The molecule has 18 heavy (non-hydrogen) atoms. The monoisotopic (exact) mass is 254 g/mol. The van der Waals surface area contributed by atoms with E-state index in [1.54, 1.807) is 0 Å². The molecule has 0 aromatic rings. The van der Waals surface area contributed by atoms with Gasteiger partial charge in [0.15, 0.2) is 0 Å². The van der Waals surface area contributed by atoms with Gasteiger partial charge in [0.1, 0.15) is 0 Å². The third kappa shape index (κ3) is 3.25. The second kappa shape index (κ2) is 5.89. The quantitative estimate of drug-likeness (QED) is 0.841. The van der Waals surface area contributed by atoms with Crippen LogP contribution >= 0.6 is 0 Å². The van der Waals surface area contributed by atoms with Crippen molar-refractivity contribution < 1.29 is 4.74 Å². The van der Waals surface area contributed by atoms with Crippen LogP contribution in [0.5, 0.6) is 0 Å². The zero-order valence-corrected chi connectivity index (χ0v) is 12.3. The van der Waals surface area contributed by atoms with E-state index in [-0.39, 0.29) is 5.60 Å². The number of nitrogens with zero attached hydrogens (tertiary/aromatic N) is 1. The lowest BCUT2D eigenvalue weighted by Crippen LogP contribution is -2.50. The lowest BCUT2D eigenvalue weighted by Gasteiger charge is -2.45. The van der Waals surface area contributed by atoms with Crippen molar-refractivity contribution >= 4 is 0 Å². The van der Waals surface area contributed by atoms with E-state index in [1.165, 1.54) is 38.5 Å². The van der Waals surface area contributed by atoms with Gasteiger partial charge in [-0.1, -0.05) is 6.92 Å². The molecule has 2 N–H and O–H groups in total. The van der Waals surface area contributed by atoms with Crippen molar-refractivity contribution in [3.05, 3.63) is 0 Å². The van der Waals surface area contributed by atoms with Crippen molar-refractivity contribution in [1.82, 2.24) is 4.90 Å². The number of rotatable bonds is 3. The van der Waals surface area contributed by atoms with E-state index < -0.39 is 0 Å². The molecule has 0 aromatic carbocycles. The van der Waals surface area contributed by atoms with Gasteiger partial charge in [0, 0.05) is 24.7 Å². The van der Waals surface area contributed by atoms with Crippen LogP contribution in [0.4, 0.5) is 0 Å². The Labute approximate surface area is 112 Å². The minimum Gasteiger partial charge on any atom is -0.375 e. The van der Waals surface area contributed by atoms with Crippen LogP contribution in [-0.2, 0) is 4.74 Å². The number of hydrogen-bond acceptors (Lipinski definition) is 3. The first-order valence-corrected chi connectivity index (χ1v) is 7.65. The fourth-order valence-corrected chi connectivity index (χ4v) is 3.50. The standard InChI is InChI=1S/C15H30N2O/c1-4-15(2)11-14(9-10-18-15)17(3)13-7-5-12(16)6-8-13/h12-14H,4-11,16H2,1-3H3. The van der Waals surface area contributed by atoms with Crippen LogP contribution in [0.15, 0.2) is 0 Å². The first-order chi connectivity index (χ1) is 8.54. The van der Waals surface area contributed by atoms with Crippen molar-refractivity contribution in [3.8, 4) is 0 Å². The molecule has 2 fully saturated rings. The molecule has 1 aliphatic heterocycles. The molecule has 1 heterocycles. The van der Waals surface area contributed by atoms with Gasteiger partial charge in [0.2, 0.25) is 0 Å². The van der Waals surface area contributed by atoms with Gasteiger partial charge >= 0.3 is 0 Å². The highest BCUT2D eigenvalue weighted by Crippen LogP contribution is 2.32. The minimum absolute atomic E-state index is 0.0995. The summed E-state index contributed by atoms with van der Waals surface area (Å²) < 4.78 is 5.95.